The van der Waals surface area contributed by atoms with E-state index >= 15 is 0 Å². The summed E-state index contributed by atoms with van der Waals surface area (Å²) in [5, 5.41) is 0. The fourth-order valence-corrected chi connectivity index (χ4v) is 2.95. The molecule has 0 saturated carbocycles. The monoisotopic (exact) mass is 317 g/mol. The van der Waals surface area contributed by atoms with Gasteiger partial charge in [0.2, 0.25) is 0 Å². The van der Waals surface area contributed by atoms with E-state index in [9.17, 15) is 0 Å². The number of hydrogen-bond donors (Lipinski definition) is 3. The summed E-state index contributed by atoms with van der Waals surface area (Å²) in [4.78, 5) is 0. The first-order valence-electron chi connectivity index (χ1n) is 8.14. The average Bonchev–Trinajstić information content (AvgIpc) is 2.59. The molecule has 0 aromatic heterocycles. The van der Waals surface area contributed by atoms with E-state index in [0.717, 1.165) is 29.9 Å². The second kappa shape index (κ2) is 7.09. The van der Waals surface area contributed by atoms with Crippen molar-refractivity contribution in [2.75, 3.05) is 17.2 Å². The first-order valence-corrected chi connectivity index (χ1v) is 8.14. The third-order valence-corrected chi connectivity index (χ3v) is 4.33. The Balaban J connectivity index is 1.86. The number of nitrogen functional groups attached to an aromatic ring is 3. The minimum absolute atomic E-state index is 0.373. The highest BCUT2D eigenvalue weighted by molar-refractivity contribution is 5.43. The van der Waals surface area contributed by atoms with Crippen molar-refractivity contribution in [2.24, 2.45) is 0 Å². The first-order chi connectivity index (χ1) is 11.6. The average molecular weight is 317 g/mol. The van der Waals surface area contributed by atoms with Crippen LogP contribution in [0.25, 0.3) is 0 Å². The van der Waals surface area contributed by atoms with Crippen LogP contribution in [0.15, 0.2) is 72.8 Å². The summed E-state index contributed by atoms with van der Waals surface area (Å²) >= 11 is 0. The predicted octanol–water partition coefficient (Wildman–Crippen LogP) is 4.00. The van der Waals surface area contributed by atoms with Crippen LogP contribution >= 0.6 is 0 Å². The van der Waals surface area contributed by atoms with Crippen LogP contribution in [-0.4, -0.2) is 0 Å². The Morgan fingerprint density at radius 2 is 0.833 bits per heavy atom. The quantitative estimate of drug-likeness (QED) is 0.622. The molecule has 122 valence electrons. The van der Waals surface area contributed by atoms with Gasteiger partial charge in [-0.15, -0.1) is 0 Å². The summed E-state index contributed by atoms with van der Waals surface area (Å²) in [7, 11) is 0. The smallest absolute Gasteiger partial charge is 0.0314 e. The minimum atomic E-state index is 0.373. The maximum atomic E-state index is 5.84. The van der Waals surface area contributed by atoms with Crippen LogP contribution in [0, 0.1) is 0 Å². The summed E-state index contributed by atoms with van der Waals surface area (Å²) in [5.41, 5.74) is 23.7. The minimum Gasteiger partial charge on any atom is -0.399 e. The molecule has 6 N–H and O–H groups in total. The Morgan fingerprint density at radius 1 is 0.500 bits per heavy atom. The molecule has 0 bridgehead atoms. The first kappa shape index (κ1) is 15.9. The van der Waals surface area contributed by atoms with Crippen molar-refractivity contribution < 1.29 is 0 Å². The molecule has 3 nitrogen and oxygen atoms in total. The van der Waals surface area contributed by atoms with Crippen LogP contribution in [-0.2, 0) is 12.8 Å². The number of rotatable bonds is 5. The molecule has 0 amide bonds. The molecule has 3 heteroatoms. The summed E-state index contributed by atoms with van der Waals surface area (Å²) in [6.45, 7) is 0. The van der Waals surface area contributed by atoms with Crippen molar-refractivity contribution in [3.63, 3.8) is 0 Å². The van der Waals surface area contributed by atoms with Gasteiger partial charge in [0.15, 0.2) is 0 Å². The highest BCUT2D eigenvalue weighted by atomic mass is 14.5. The van der Waals surface area contributed by atoms with Crippen molar-refractivity contribution in [1.29, 1.82) is 0 Å². The highest BCUT2D eigenvalue weighted by Gasteiger charge is 2.14. The van der Waals surface area contributed by atoms with Gasteiger partial charge in [0.25, 0.3) is 0 Å². The van der Waals surface area contributed by atoms with E-state index in [1.807, 2.05) is 36.4 Å². The number of hydrogen-bond acceptors (Lipinski definition) is 3. The molecular weight excluding hydrogens is 294 g/mol. The van der Waals surface area contributed by atoms with Crippen molar-refractivity contribution in [3.05, 3.63) is 89.5 Å². The summed E-state index contributed by atoms with van der Waals surface area (Å²) in [6, 6.07) is 24.4. The lowest BCUT2D eigenvalue weighted by Gasteiger charge is -2.18. The van der Waals surface area contributed by atoms with E-state index in [2.05, 4.69) is 36.4 Å². The molecule has 3 aromatic rings. The zero-order chi connectivity index (χ0) is 16.9. The van der Waals surface area contributed by atoms with Gasteiger partial charge in [-0.05, 0) is 71.8 Å². The fraction of sp³-hybridized carbons (Fsp3) is 0.143. The summed E-state index contributed by atoms with van der Waals surface area (Å²) < 4.78 is 0. The molecule has 3 aromatic carbocycles. The Hall–Kier alpha value is -2.94. The van der Waals surface area contributed by atoms with Crippen molar-refractivity contribution in [3.8, 4) is 0 Å². The molecule has 0 saturated heterocycles. The van der Waals surface area contributed by atoms with Gasteiger partial charge in [0.1, 0.15) is 0 Å². The number of anilines is 3. The zero-order valence-corrected chi connectivity index (χ0v) is 13.7. The van der Waals surface area contributed by atoms with Crippen LogP contribution in [0.5, 0.6) is 0 Å². The Bertz CT molecular complexity index is 727. The topological polar surface area (TPSA) is 78.1 Å². The maximum Gasteiger partial charge on any atom is 0.0314 e. The van der Waals surface area contributed by atoms with Crippen molar-refractivity contribution in [1.82, 2.24) is 0 Å². The van der Waals surface area contributed by atoms with Crippen LogP contribution in [0.3, 0.4) is 0 Å². The zero-order valence-electron chi connectivity index (χ0n) is 13.7. The Kier molecular flexibility index (Phi) is 4.71. The van der Waals surface area contributed by atoms with E-state index in [1.54, 1.807) is 0 Å². The number of nitrogens with two attached hydrogens (primary N) is 3. The molecule has 0 spiro atoms. The van der Waals surface area contributed by atoms with Crippen LogP contribution in [0.4, 0.5) is 17.1 Å². The molecule has 3 rings (SSSR count). The van der Waals surface area contributed by atoms with Gasteiger partial charge in [0.05, 0.1) is 0 Å². The maximum absolute atomic E-state index is 5.84. The molecule has 0 aliphatic rings. The van der Waals surface area contributed by atoms with Gasteiger partial charge >= 0.3 is 0 Å². The lowest BCUT2D eigenvalue weighted by atomic mass is 9.86. The molecule has 0 unspecified atom stereocenters. The fourth-order valence-electron chi connectivity index (χ4n) is 2.95. The second-order valence-electron chi connectivity index (χ2n) is 6.26. The molecule has 24 heavy (non-hydrogen) atoms. The lowest BCUT2D eigenvalue weighted by Crippen LogP contribution is -2.07. The molecule has 0 atom stereocenters. The standard InChI is InChI=1S/C21H23N3/c22-19-7-1-15(2-8-19)13-18(17-5-11-21(24)12-6-17)14-16-3-9-20(23)10-4-16/h1-12,18H,13-14,22-24H2. The van der Waals surface area contributed by atoms with Crippen molar-refractivity contribution >= 4 is 17.1 Å². The van der Waals surface area contributed by atoms with E-state index in [-0.39, 0.29) is 0 Å². The van der Waals surface area contributed by atoms with E-state index in [0.29, 0.717) is 5.92 Å². The Morgan fingerprint density at radius 3 is 1.21 bits per heavy atom. The van der Waals surface area contributed by atoms with Gasteiger partial charge < -0.3 is 17.2 Å². The van der Waals surface area contributed by atoms with Crippen LogP contribution < -0.4 is 17.2 Å². The third-order valence-electron chi connectivity index (χ3n) is 4.33. The second-order valence-corrected chi connectivity index (χ2v) is 6.26. The van der Waals surface area contributed by atoms with Crippen LogP contribution in [0.1, 0.15) is 22.6 Å². The predicted molar refractivity (Wildman–Crippen MR) is 103 cm³/mol. The van der Waals surface area contributed by atoms with Gasteiger partial charge in [0, 0.05) is 17.1 Å². The molecule has 0 aliphatic heterocycles. The van der Waals surface area contributed by atoms with E-state index in [4.69, 9.17) is 17.2 Å². The molecule has 0 fully saturated rings. The molecule has 0 radical (unpaired) electrons. The normalized spacial score (nSPS) is 10.9. The van der Waals surface area contributed by atoms with Gasteiger partial charge in [-0.3, -0.25) is 0 Å². The van der Waals surface area contributed by atoms with Gasteiger partial charge in [-0.25, -0.2) is 0 Å². The number of benzene rings is 3. The highest BCUT2D eigenvalue weighted by Crippen LogP contribution is 2.27. The van der Waals surface area contributed by atoms with Crippen molar-refractivity contribution in [2.45, 2.75) is 18.8 Å². The van der Waals surface area contributed by atoms with E-state index in [1.165, 1.54) is 16.7 Å². The molecule has 0 heterocycles. The Labute approximate surface area is 143 Å². The molecular formula is C21H23N3. The molecule has 0 aliphatic carbocycles. The largest absolute Gasteiger partial charge is 0.399 e. The summed E-state index contributed by atoms with van der Waals surface area (Å²) in [6.07, 6.45) is 1.91. The summed E-state index contributed by atoms with van der Waals surface area (Å²) in [5.74, 6) is 0.373. The third kappa shape index (κ3) is 4.07. The lowest BCUT2D eigenvalue weighted by molar-refractivity contribution is 0.680. The SMILES string of the molecule is Nc1ccc(CC(Cc2ccc(N)cc2)c2ccc(N)cc2)cc1. The van der Waals surface area contributed by atoms with E-state index < -0.39 is 0 Å². The van der Waals surface area contributed by atoms with Gasteiger partial charge in [-0.1, -0.05) is 36.4 Å². The van der Waals surface area contributed by atoms with Crippen LogP contribution in [0.2, 0.25) is 0 Å². The van der Waals surface area contributed by atoms with Gasteiger partial charge in [-0.2, -0.15) is 0 Å².